The Labute approximate surface area is 97.7 Å². The Morgan fingerprint density at radius 1 is 1.47 bits per heavy atom. The highest BCUT2D eigenvalue weighted by Crippen LogP contribution is 2.19. The molecular weight excluding hydrogens is 218 g/mol. The van der Waals surface area contributed by atoms with Crippen LogP contribution in [0.3, 0.4) is 0 Å². The predicted octanol–water partition coefficient (Wildman–Crippen LogP) is 0.528. The molecule has 0 aliphatic carbocycles. The van der Waals surface area contributed by atoms with E-state index in [1.54, 1.807) is 12.5 Å². The van der Waals surface area contributed by atoms with Gasteiger partial charge in [-0.3, -0.25) is 4.79 Å². The van der Waals surface area contributed by atoms with Gasteiger partial charge in [-0.25, -0.2) is 9.97 Å². The maximum absolute atomic E-state index is 11.9. The number of rotatable bonds is 1. The van der Waals surface area contributed by atoms with Gasteiger partial charge in [-0.2, -0.15) is 0 Å². The predicted molar refractivity (Wildman–Crippen MR) is 63.9 cm³/mol. The van der Waals surface area contributed by atoms with Gasteiger partial charge in [0.05, 0.1) is 18.1 Å². The smallest absolute Gasteiger partial charge is 0.256 e. The summed E-state index contributed by atoms with van der Waals surface area (Å²) >= 11 is 0. The van der Waals surface area contributed by atoms with Crippen LogP contribution in [0.5, 0.6) is 0 Å². The highest BCUT2D eigenvalue weighted by molar-refractivity contribution is 5.55. The fourth-order valence-corrected chi connectivity index (χ4v) is 2.05. The van der Waals surface area contributed by atoms with Gasteiger partial charge in [0.1, 0.15) is 11.5 Å². The average molecular weight is 231 g/mol. The summed E-state index contributed by atoms with van der Waals surface area (Å²) in [5.41, 5.74) is 1.50. The van der Waals surface area contributed by atoms with Gasteiger partial charge in [0.2, 0.25) is 0 Å². The lowest BCUT2D eigenvalue weighted by Crippen LogP contribution is -2.24. The molecule has 0 spiro atoms. The molecule has 1 aliphatic rings. The van der Waals surface area contributed by atoms with Crippen LogP contribution in [0.1, 0.15) is 12.0 Å². The number of nitrogens with zero attached hydrogens (tertiary/aromatic N) is 3. The summed E-state index contributed by atoms with van der Waals surface area (Å²) in [6, 6.07) is 0. The molecule has 3 rings (SSSR count). The van der Waals surface area contributed by atoms with Gasteiger partial charge in [0.25, 0.3) is 5.56 Å². The lowest BCUT2D eigenvalue weighted by molar-refractivity contribution is 0.797. The number of hydrogen-bond donors (Lipinski definition) is 2. The van der Waals surface area contributed by atoms with Gasteiger partial charge in [-0.1, -0.05) is 0 Å². The Balaban J connectivity index is 2.17. The summed E-state index contributed by atoms with van der Waals surface area (Å²) in [5.74, 6) is 1.26. The molecule has 2 aromatic rings. The molecule has 0 aromatic carbocycles. The monoisotopic (exact) mass is 231 g/mol. The molecule has 0 amide bonds. The highest BCUT2D eigenvalue weighted by Gasteiger charge is 2.16. The molecule has 0 unspecified atom stereocenters. The Morgan fingerprint density at radius 2 is 2.35 bits per heavy atom. The van der Waals surface area contributed by atoms with Crippen LogP contribution < -0.4 is 10.9 Å². The van der Waals surface area contributed by atoms with Gasteiger partial charge >= 0.3 is 0 Å². The zero-order valence-electron chi connectivity index (χ0n) is 9.53. The summed E-state index contributed by atoms with van der Waals surface area (Å²) in [6.45, 7) is 0.869. The molecular formula is C11H13N5O. The van der Waals surface area contributed by atoms with Crippen molar-refractivity contribution < 1.29 is 0 Å². The van der Waals surface area contributed by atoms with Crippen molar-refractivity contribution in [2.75, 3.05) is 11.9 Å². The van der Waals surface area contributed by atoms with Crippen LogP contribution in [0, 0.1) is 0 Å². The molecule has 0 bridgehead atoms. The van der Waals surface area contributed by atoms with E-state index >= 15 is 0 Å². The SMILES string of the molecule is Cn1cncc1-c1nc2c(c(=O)[nH]1)CCCN2. The minimum absolute atomic E-state index is 0.0570. The summed E-state index contributed by atoms with van der Waals surface area (Å²) < 4.78 is 1.83. The van der Waals surface area contributed by atoms with Crippen molar-refractivity contribution >= 4 is 5.82 Å². The van der Waals surface area contributed by atoms with Crippen molar-refractivity contribution in [1.29, 1.82) is 0 Å². The second kappa shape index (κ2) is 3.73. The van der Waals surface area contributed by atoms with Crippen LogP contribution in [0.2, 0.25) is 0 Å². The lowest BCUT2D eigenvalue weighted by Gasteiger charge is -2.16. The van der Waals surface area contributed by atoms with Gasteiger partial charge < -0.3 is 14.9 Å². The number of H-pyrrole nitrogens is 1. The topological polar surface area (TPSA) is 75.6 Å². The van der Waals surface area contributed by atoms with Crippen molar-refractivity contribution in [3.05, 3.63) is 28.4 Å². The number of imidazole rings is 1. The third-order valence-corrected chi connectivity index (χ3v) is 2.97. The molecule has 0 fully saturated rings. The van der Waals surface area contributed by atoms with E-state index in [-0.39, 0.29) is 5.56 Å². The zero-order valence-corrected chi connectivity index (χ0v) is 9.53. The summed E-state index contributed by atoms with van der Waals surface area (Å²) in [5, 5.41) is 3.16. The molecule has 6 heteroatoms. The number of hydrogen-bond acceptors (Lipinski definition) is 4. The van der Waals surface area contributed by atoms with E-state index in [0.717, 1.165) is 30.6 Å². The van der Waals surface area contributed by atoms with E-state index in [1.165, 1.54) is 0 Å². The van der Waals surface area contributed by atoms with Crippen LogP contribution in [-0.2, 0) is 13.5 Å². The van der Waals surface area contributed by atoms with Crippen LogP contribution in [0.15, 0.2) is 17.3 Å². The quantitative estimate of drug-likeness (QED) is 0.750. The number of aromatic amines is 1. The van der Waals surface area contributed by atoms with E-state index in [9.17, 15) is 4.79 Å². The van der Waals surface area contributed by atoms with E-state index in [1.807, 2.05) is 11.6 Å². The highest BCUT2D eigenvalue weighted by atomic mass is 16.1. The fraction of sp³-hybridized carbons (Fsp3) is 0.364. The van der Waals surface area contributed by atoms with Crippen LogP contribution in [0.25, 0.3) is 11.5 Å². The first-order valence-electron chi connectivity index (χ1n) is 5.59. The van der Waals surface area contributed by atoms with Crippen molar-refractivity contribution in [1.82, 2.24) is 19.5 Å². The van der Waals surface area contributed by atoms with Crippen molar-refractivity contribution in [2.45, 2.75) is 12.8 Å². The Morgan fingerprint density at radius 3 is 3.12 bits per heavy atom. The molecule has 0 atom stereocenters. The van der Waals surface area contributed by atoms with Gasteiger partial charge in [-0.05, 0) is 12.8 Å². The van der Waals surface area contributed by atoms with Crippen LogP contribution >= 0.6 is 0 Å². The molecule has 6 nitrogen and oxygen atoms in total. The maximum atomic E-state index is 11.9. The molecule has 17 heavy (non-hydrogen) atoms. The van der Waals surface area contributed by atoms with Crippen LogP contribution in [-0.4, -0.2) is 26.1 Å². The summed E-state index contributed by atoms with van der Waals surface area (Å²) in [6.07, 6.45) is 5.13. The largest absolute Gasteiger partial charge is 0.370 e. The standard InChI is InChI=1S/C11H13N5O/c1-16-6-12-5-8(16)10-14-9-7(11(17)15-10)3-2-4-13-9/h5-6H,2-4H2,1H3,(H2,13,14,15,17). The first-order valence-corrected chi connectivity index (χ1v) is 5.59. The van der Waals surface area contributed by atoms with Gasteiger partial charge in [0.15, 0.2) is 5.82 Å². The Hall–Kier alpha value is -2.11. The molecule has 0 radical (unpaired) electrons. The molecule has 2 N–H and O–H groups in total. The third-order valence-electron chi connectivity index (χ3n) is 2.97. The van der Waals surface area contributed by atoms with E-state index in [2.05, 4.69) is 20.3 Å². The van der Waals surface area contributed by atoms with E-state index in [0.29, 0.717) is 11.6 Å². The second-order valence-electron chi connectivity index (χ2n) is 4.16. The third kappa shape index (κ3) is 1.61. The molecule has 3 heterocycles. The van der Waals surface area contributed by atoms with Gasteiger partial charge in [0, 0.05) is 13.6 Å². The Kier molecular flexibility index (Phi) is 2.21. The van der Waals surface area contributed by atoms with Crippen molar-refractivity contribution in [3.8, 4) is 11.5 Å². The lowest BCUT2D eigenvalue weighted by atomic mass is 10.1. The number of fused-ring (bicyclic) bond motifs is 1. The maximum Gasteiger partial charge on any atom is 0.256 e. The van der Waals surface area contributed by atoms with Crippen LogP contribution in [0.4, 0.5) is 5.82 Å². The fourth-order valence-electron chi connectivity index (χ4n) is 2.05. The summed E-state index contributed by atoms with van der Waals surface area (Å²) in [4.78, 5) is 23.2. The molecule has 0 saturated heterocycles. The van der Waals surface area contributed by atoms with E-state index < -0.39 is 0 Å². The summed E-state index contributed by atoms with van der Waals surface area (Å²) in [7, 11) is 1.87. The number of nitrogens with one attached hydrogen (secondary N) is 2. The molecule has 88 valence electrons. The zero-order chi connectivity index (χ0) is 11.8. The number of aromatic nitrogens is 4. The van der Waals surface area contributed by atoms with E-state index in [4.69, 9.17) is 0 Å². The normalized spacial score (nSPS) is 14.2. The van der Waals surface area contributed by atoms with Crippen molar-refractivity contribution in [2.24, 2.45) is 7.05 Å². The minimum Gasteiger partial charge on any atom is -0.370 e. The number of aryl methyl sites for hydroxylation is 1. The molecule has 2 aromatic heterocycles. The minimum atomic E-state index is -0.0570. The number of anilines is 1. The average Bonchev–Trinajstić information content (AvgIpc) is 2.75. The first kappa shape index (κ1) is 10.1. The first-order chi connectivity index (χ1) is 8.25. The van der Waals surface area contributed by atoms with Gasteiger partial charge in [-0.15, -0.1) is 0 Å². The van der Waals surface area contributed by atoms with Crippen molar-refractivity contribution in [3.63, 3.8) is 0 Å². The molecule has 0 saturated carbocycles. The molecule has 1 aliphatic heterocycles. The Bertz CT molecular complexity index is 613. The second-order valence-corrected chi connectivity index (χ2v) is 4.16.